The summed E-state index contributed by atoms with van der Waals surface area (Å²) >= 11 is 0. The second-order valence-corrected chi connectivity index (χ2v) is 6.12. The summed E-state index contributed by atoms with van der Waals surface area (Å²) in [5, 5.41) is 0. The number of benzene rings is 2. The molecule has 2 aliphatic carbocycles. The van der Waals surface area contributed by atoms with Gasteiger partial charge in [0.25, 0.3) is 0 Å². The molecule has 0 bridgehead atoms. The second kappa shape index (κ2) is 4.94. The van der Waals surface area contributed by atoms with Crippen LogP contribution in [0.15, 0.2) is 54.1 Å². The molecule has 0 atom stereocenters. The lowest BCUT2D eigenvalue weighted by atomic mass is 9.92. The predicted octanol–water partition coefficient (Wildman–Crippen LogP) is 5.48. The van der Waals surface area contributed by atoms with Crippen molar-refractivity contribution in [3.05, 3.63) is 65.2 Å². The molecule has 2 aromatic carbocycles. The van der Waals surface area contributed by atoms with E-state index in [4.69, 9.17) is 0 Å². The molecular weight excluding hydrogens is 240 g/mol. The molecular formula is C20H20. The molecule has 0 heteroatoms. The molecule has 100 valence electrons. The second-order valence-electron chi connectivity index (χ2n) is 6.12. The van der Waals surface area contributed by atoms with Crippen LogP contribution in [0.4, 0.5) is 0 Å². The van der Waals surface area contributed by atoms with E-state index in [1.807, 2.05) is 0 Å². The van der Waals surface area contributed by atoms with E-state index in [0.29, 0.717) is 0 Å². The Balaban J connectivity index is 1.71. The lowest BCUT2D eigenvalue weighted by Gasteiger charge is -2.12. The van der Waals surface area contributed by atoms with Crippen molar-refractivity contribution in [3.8, 4) is 11.1 Å². The Hall–Kier alpha value is -1.82. The minimum atomic E-state index is 0.853. The number of rotatable bonds is 2. The van der Waals surface area contributed by atoms with E-state index in [9.17, 15) is 0 Å². The van der Waals surface area contributed by atoms with Gasteiger partial charge < -0.3 is 0 Å². The van der Waals surface area contributed by atoms with Gasteiger partial charge in [-0.05, 0) is 47.4 Å². The van der Waals surface area contributed by atoms with E-state index in [-0.39, 0.29) is 0 Å². The molecule has 2 aromatic rings. The third-order valence-corrected chi connectivity index (χ3v) is 4.90. The summed E-state index contributed by atoms with van der Waals surface area (Å²) in [7, 11) is 0. The molecule has 2 aliphatic rings. The number of hydrogen-bond donors (Lipinski definition) is 0. The van der Waals surface area contributed by atoms with Crippen molar-refractivity contribution in [1.29, 1.82) is 0 Å². The van der Waals surface area contributed by atoms with Crippen LogP contribution in [0.2, 0.25) is 0 Å². The van der Waals surface area contributed by atoms with Crippen molar-refractivity contribution < 1.29 is 0 Å². The van der Waals surface area contributed by atoms with Crippen LogP contribution in [0, 0.1) is 5.92 Å². The van der Waals surface area contributed by atoms with Gasteiger partial charge in [-0.3, -0.25) is 0 Å². The quantitative estimate of drug-likeness (QED) is 0.670. The first-order chi connectivity index (χ1) is 9.92. The van der Waals surface area contributed by atoms with E-state index < -0.39 is 0 Å². The van der Waals surface area contributed by atoms with Crippen LogP contribution < -0.4 is 0 Å². The zero-order valence-corrected chi connectivity index (χ0v) is 11.8. The van der Waals surface area contributed by atoms with Gasteiger partial charge in [-0.25, -0.2) is 0 Å². The highest BCUT2D eigenvalue weighted by molar-refractivity contribution is 5.77. The van der Waals surface area contributed by atoms with Gasteiger partial charge in [0.05, 0.1) is 0 Å². The van der Waals surface area contributed by atoms with Gasteiger partial charge >= 0.3 is 0 Å². The highest BCUT2D eigenvalue weighted by atomic mass is 14.3. The van der Waals surface area contributed by atoms with Crippen molar-refractivity contribution in [2.24, 2.45) is 5.92 Å². The van der Waals surface area contributed by atoms with Crippen LogP contribution in [0.5, 0.6) is 0 Å². The first-order valence-corrected chi connectivity index (χ1v) is 7.79. The lowest BCUT2D eigenvalue weighted by Crippen LogP contribution is -1.99. The van der Waals surface area contributed by atoms with Crippen LogP contribution in [-0.2, 0) is 6.42 Å². The minimum absolute atomic E-state index is 0.853. The first-order valence-electron chi connectivity index (χ1n) is 7.79. The van der Waals surface area contributed by atoms with Crippen molar-refractivity contribution in [2.75, 3.05) is 0 Å². The Morgan fingerprint density at radius 3 is 2.40 bits per heavy atom. The van der Waals surface area contributed by atoms with E-state index in [0.717, 1.165) is 5.92 Å². The highest BCUT2D eigenvalue weighted by Gasteiger charge is 2.25. The average Bonchev–Trinajstić information content (AvgIpc) is 3.16. The molecule has 0 spiro atoms. The topological polar surface area (TPSA) is 0 Å². The van der Waals surface area contributed by atoms with Gasteiger partial charge in [-0.15, -0.1) is 0 Å². The van der Waals surface area contributed by atoms with Gasteiger partial charge in [0.15, 0.2) is 0 Å². The van der Waals surface area contributed by atoms with E-state index in [1.54, 1.807) is 11.1 Å². The molecule has 0 amide bonds. The van der Waals surface area contributed by atoms with E-state index in [1.165, 1.54) is 48.8 Å². The normalized spacial score (nSPS) is 18.1. The van der Waals surface area contributed by atoms with E-state index in [2.05, 4.69) is 54.6 Å². The summed E-state index contributed by atoms with van der Waals surface area (Å²) in [5.74, 6) is 0.853. The smallest absolute Gasteiger partial charge is 0.00489 e. The zero-order chi connectivity index (χ0) is 13.4. The van der Waals surface area contributed by atoms with Gasteiger partial charge in [0, 0.05) is 0 Å². The molecule has 0 aromatic heterocycles. The standard InChI is InChI=1S/C20H20/c1-2-9-16(10-3-1)19-12-6-11-17-13-18(14-20(17)19)15-7-4-5-8-15/h1-3,6,9-13,15H,4-5,7-8,14H2. The molecule has 0 aliphatic heterocycles. The average molecular weight is 260 g/mol. The molecule has 0 nitrogen and oxygen atoms in total. The molecule has 0 N–H and O–H groups in total. The fraction of sp³-hybridized carbons (Fsp3) is 0.300. The third kappa shape index (κ3) is 2.00. The van der Waals surface area contributed by atoms with Gasteiger partial charge in [-0.2, -0.15) is 0 Å². The monoisotopic (exact) mass is 260 g/mol. The fourth-order valence-corrected chi connectivity index (χ4v) is 3.84. The third-order valence-electron chi connectivity index (χ3n) is 4.90. The Kier molecular flexibility index (Phi) is 2.95. The summed E-state index contributed by atoms with van der Waals surface area (Å²) in [6.45, 7) is 0. The van der Waals surface area contributed by atoms with Crippen LogP contribution >= 0.6 is 0 Å². The number of fused-ring (bicyclic) bond motifs is 1. The molecule has 1 saturated carbocycles. The minimum Gasteiger partial charge on any atom is -0.0622 e. The van der Waals surface area contributed by atoms with Gasteiger partial charge in [0.2, 0.25) is 0 Å². The lowest BCUT2D eigenvalue weighted by molar-refractivity contribution is 0.635. The maximum atomic E-state index is 2.47. The number of hydrogen-bond acceptors (Lipinski definition) is 0. The van der Waals surface area contributed by atoms with Gasteiger partial charge in [-0.1, -0.05) is 73.0 Å². The summed E-state index contributed by atoms with van der Waals surface area (Å²) in [6.07, 6.45) is 9.29. The number of allylic oxidation sites excluding steroid dienone is 1. The van der Waals surface area contributed by atoms with Gasteiger partial charge in [0.1, 0.15) is 0 Å². The Morgan fingerprint density at radius 1 is 0.800 bits per heavy atom. The maximum absolute atomic E-state index is 2.47. The predicted molar refractivity (Wildman–Crippen MR) is 85.5 cm³/mol. The molecule has 0 radical (unpaired) electrons. The van der Waals surface area contributed by atoms with Crippen LogP contribution in [0.25, 0.3) is 17.2 Å². The van der Waals surface area contributed by atoms with Crippen molar-refractivity contribution >= 4 is 6.08 Å². The maximum Gasteiger partial charge on any atom is -0.00489 e. The van der Waals surface area contributed by atoms with Crippen molar-refractivity contribution in [2.45, 2.75) is 32.1 Å². The molecule has 0 heterocycles. The Labute approximate surface area is 121 Å². The molecule has 1 fully saturated rings. The molecule has 4 rings (SSSR count). The van der Waals surface area contributed by atoms with Crippen LogP contribution in [0.3, 0.4) is 0 Å². The SMILES string of the molecule is C1=C(C2CCCC2)Cc2c1cccc2-c1ccccc1. The summed E-state index contributed by atoms with van der Waals surface area (Å²) < 4.78 is 0. The van der Waals surface area contributed by atoms with E-state index >= 15 is 0 Å². The largest absolute Gasteiger partial charge is 0.0622 e. The summed E-state index contributed by atoms with van der Waals surface area (Å²) in [4.78, 5) is 0. The first kappa shape index (κ1) is 12.0. The molecule has 0 saturated heterocycles. The van der Waals surface area contributed by atoms with Crippen molar-refractivity contribution in [3.63, 3.8) is 0 Å². The Bertz CT molecular complexity index is 643. The molecule has 0 unspecified atom stereocenters. The highest BCUT2D eigenvalue weighted by Crippen LogP contribution is 2.41. The zero-order valence-electron chi connectivity index (χ0n) is 11.8. The summed E-state index contributed by atoms with van der Waals surface area (Å²) in [5.41, 5.74) is 7.45. The molecule has 20 heavy (non-hydrogen) atoms. The fourth-order valence-electron chi connectivity index (χ4n) is 3.84. The van der Waals surface area contributed by atoms with Crippen LogP contribution in [0.1, 0.15) is 36.8 Å². The Morgan fingerprint density at radius 2 is 1.60 bits per heavy atom. The van der Waals surface area contributed by atoms with Crippen molar-refractivity contribution in [1.82, 2.24) is 0 Å². The summed E-state index contributed by atoms with van der Waals surface area (Å²) in [6, 6.07) is 17.6. The van der Waals surface area contributed by atoms with Crippen LogP contribution in [-0.4, -0.2) is 0 Å².